The molecule has 0 amide bonds. The van der Waals surface area contributed by atoms with E-state index in [9.17, 15) is 0 Å². The van der Waals surface area contributed by atoms with Gasteiger partial charge < -0.3 is 5.32 Å². The zero-order valence-electron chi connectivity index (χ0n) is 9.69. The predicted octanol–water partition coefficient (Wildman–Crippen LogP) is 3.91. The minimum Gasteiger partial charge on any atom is -0.359 e. The lowest BCUT2D eigenvalue weighted by atomic mass is 9.69. The Morgan fingerprint density at radius 3 is 2.81 bits per heavy atom. The van der Waals surface area contributed by atoms with Gasteiger partial charge in [0.25, 0.3) is 0 Å². The summed E-state index contributed by atoms with van der Waals surface area (Å²) >= 11 is 1.72. The number of nitrogens with zero attached hydrogens (tertiary/aromatic N) is 1. The van der Waals surface area contributed by atoms with Crippen LogP contribution in [0.4, 0.5) is 5.13 Å². The van der Waals surface area contributed by atoms with Gasteiger partial charge in [0.1, 0.15) is 0 Å². The molecule has 0 bridgehead atoms. The number of anilines is 1. The molecule has 1 N–H and O–H groups in total. The van der Waals surface area contributed by atoms with Crippen LogP contribution in [0.1, 0.15) is 44.9 Å². The van der Waals surface area contributed by atoms with Gasteiger partial charge in [0.2, 0.25) is 0 Å². The molecule has 3 rings (SSSR count). The molecule has 0 radical (unpaired) electrons. The van der Waals surface area contributed by atoms with E-state index in [4.69, 9.17) is 0 Å². The third-order valence-electron chi connectivity index (χ3n) is 4.30. The number of hydrogen-bond acceptors (Lipinski definition) is 3. The van der Waals surface area contributed by atoms with Crippen LogP contribution in [0.5, 0.6) is 0 Å². The van der Waals surface area contributed by atoms with Crippen molar-refractivity contribution in [1.82, 2.24) is 4.98 Å². The number of thiazole rings is 1. The maximum atomic E-state index is 4.32. The minimum absolute atomic E-state index is 0.686. The SMILES string of the molecule is c1csc(NC2CCC3CCCCC3C2)n1. The molecule has 1 aromatic heterocycles. The molecule has 2 fully saturated rings. The molecule has 2 aliphatic rings. The summed E-state index contributed by atoms with van der Waals surface area (Å²) in [6, 6.07) is 0.686. The molecule has 88 valence electrons. The van der Waals surface area contributed by atoms with Crippen LogP contribution < -0.4 is 5.32 Å². The summed E-state index contributed by atoms with van der Waals surface area (Å²) in [4.78, 5) is 4.32. The fourth-order valence-electron chi connectivity index (χ4n) is 3.47. The van der Waals surface area contributed by atoms with Crippen LogP contribution in [0.3, 0.4) is 0 Å². The Hall–Kier alpha value is -0.570. The normalized spacial score (nSPS) is 34.4. The van der Waals surface area contributed by atoms with Gasteiger partial charge in [-0.1, -0.05) is 25.7 Å². The molecule has 16 heavy (non-hydrogen) atoms. The van der Waals surface area contributed by atoms with Crippen LogP contribution in [0.25, 0.3) is 0 Å². The number of hydrogen-bond donors (Lipinski definition) is 1. The van der Waals surface area contributed by atoms with Crippen molar-refractivity contribution in [3.8, 4) is 0 Å². The average Bonchev–Trinajstić information content (AvgIpc) is 2.82. The van der Waals surface area contributed by atoms with Crippen molar-refractivity contribution in [1.29, 1.82) is 0 Å². The Morgan fingerprint density at radius 1 is 1.12 bits per heavy atom. The summed E-state index contributed by atoms with van der Waals surface area (Å²) in [5, 5.41) is 6.76. The van der Waals surface area contributed by atoms with Crippen LogP contribution in [-0.2, 0) is 0 Å². The van der Waals surface area contributed by atoms with Gasteiger partial charge in [-0.3, -0.25) is 0 Å². The number of rotatable bonds is 2. The zero-order valence-corrected chi connectivity index (χ0v) is 10.5. The lowest BCUT2D eigenvalue weighted by molar-refractivity contribution is 0.162. The standard InChI is InChI=1S/C13H20N2S/c1-2-4-11-9-12(6-5-10(11)3-1)15-13-14-7-8-16-13/h7-8,10-12H,1-6,9H2,(H,14,15). The van der Waals surface area contributed by atoms with Crippen LogP contribution >= 0.6 is 11.3 Å². The van der Waals surface area contributed by atoms with Crippen molar-refractivity contribution in [2.45, 2.75) is 51.0 Å². The number of fused-ring (bicyclic) bond motifs is 1. The van der Waals surface area contributed by atoms with Crippen molar-refractivity contribution in [3.05, 3.63) is 11.6 Å². The highest BCUT2D eigenvalue weighted by Crippen LogP contribution is 2.41. The largest absolute Gasteiger partial charge is 0.359 e. The molecule has 0 aliphatic heterocycles. The molecule has 3 atom stereocenters. The van der Waals surface area contributed by atoms with E-state index in [0.717, 1.165) is 17.0 Å². The van der Waals surface area contributed by atoms with Crippen molar-refractivity contribution in [2.24, 2.45) is 11.8 Å². The first-order valence-electron chi connectivity index (χ1n) is 6.58. The fourth-order valence-corrected chi connectivity index (χ4v) is 4.08. The molecule has 0 saturated heterocycles. The van der Waals surface area contributed by atoms with E-state index in [1.54, 1.807) is 11.3 Å². The smallest absolute Gasteiger partial charge is 0.182 e. The van der Waals surface area contributed by atoms with E-state index in [-0.39, 0.29) is 0 Å². The highest BCUT2D eigenvalue weighted by molar-refractivity contribution is 7.13. The Morgan fingerprint density at radius 2 is 2.00 bits per heavy atom. The molecule has 0 spiro atoms. The highest BCUT2D eigenvalue weighted by atomic mass is 32.1. The molecular formula is C13H20N2S. The first kappa shape index (κ1) is 10.6. The molecule has 1 heterocycles. The highest BCUT2D eigenvalue weighted by Gasteiger charge is 2.32. The lowest BCUT2D eigenvalue weighted by Gasteiger charge is -2.39. The van der Waals surface area contributed by atoms with Crippen LogP contribution in [0.15, 0.2) is 11.6 Å². The van der Waals surface area contributed by atoms with Gasteiger partial charge in [0.05, 0.1) is 0 Å². The van der Waals surface area contributed by atoms with E-state index in [1.165, 1.54) is 44.9 Å². The molecule has 0 aromatic carbocycles. The lowest BCUT2D eigenvalue weighted by Crippen LogP contribution is -2.34. The van der Waals surface area contributed by atoms with Gasteiger partial charge >= 0.3 is 0 Å². The second-order valence-corrected chi connectivity index (χ2v) is 6.19. The molecule has 2 saturated carbocycles. The van der Waals surface area contributed by atoms with E-state index in [2.05, 4.69) is 15.7 Å². The van der Waals surface area contributed by atoms with E-state index < -0.39 is 0 Å². The number of nitrogens with one attached hydrogen (secondary N) is 1. The molecular weight excluding hydrogens is 216 g/mol. The first-order chi connectivity index (χ1) is 7.92. The van der Waals surface area contributed by atoms with Gasteiger partial charge in [0.15, 0.2) is 5.13 Å². The van der Waals surface area contributed by atoms with Crippen molar-refractivity contribution >= 4 is 16.5 Å². The third-order valence-corrected chi connectivity index (χ3v) is 5.00. The first-order valence-corrected chi connectivity index (χ1v) is 7.46. The van der Waals surface area contributed by atoms with Gasteiger partial charge in [-0.2, -0.15) is 0 Å². The minimum atomic E-state index is 0.686. The van der Waals surface area contributed by atoms with Crippen LogP contribution in [0.2, 0.25) is 0 Å². The average molecular weight is 236 g/mol. The molecule has 2 nitrogen and oxygen atoms in total. The van der Waals surface area contributed by atoms with E-state index >= 15 is 0 Å². The third kappa shape index (κ3) is 2.24. The van der Waals surface area contributed by atoms with Crippen LogP contribution in [0, 0.1) is 11.8 Å². The Kier molecular flexibility index (Phi) is 3.13. The van der Waals surface area contributed by atoms with Gasteiger partial charge in [0, 0.05) is 17.6 Å². The zero-order chi connectivity index (χ0) is 10.8. The summed E-state index contributed by atoms with van der Waals surface area (Å²) in [5.41, 5.74) is 0. The van der Waals surface area contributed by atoms with Crippen molar-refractivity contribution < 1.29 is 0 Å². The fraction of sp³-hybridized carbons (Fsp3) is 0.769. The van der Waals surface area contributed by atoms with Crippen LogP contribution in [-0.4, -0.2) is 11.0 Å². The number of aromatic nitrogens is 1. The Balaban J connectivity index is 1.58. The molecule has 3 heteroatoms. The maximum Gasteiger partial charge on any atom is 0.182 e. The predicted molar refractivity (Wildman–Crippen MR) is 68.8 cm³/mol. The second-order valence-electron chi connectivity index (χ2n) is 5.30. The Labute approximate surface area is 101 Å². The van der Waals surface area contributed by atoms with E-state index in [0.29, 0.717) is 6.04 Å². The van der Waals surface area contributed by atoms with Gasteiger partial charge in [-0.05, 0) is 31.1 Å². The Bertz CT molecular complexity index is 323. The summed E-state index contributed by atoms with van der Waals surface area (Å²) in [5.74, 6) is 2.04. The molecule has 2 aliphatic carbocycles. The topological polar surface area (TPSA) is 24.9 Å². The molecule has 3 unspecified atom stereocenters. The van der Waals surface area contributed by atoms with Gasteiger partial charge in [-0.15, -0.1) is 11.3 Å². The van der Waals surface area contributed by atoms with E-state index in [1.807, 2.05) is 6.20 Å². The molecule has 1 aromatic rings. The summed E-state index contributed by atoms with van der Waals surface area (Å²) < 4.78 is 0. The van der Waals surface area contributed by atoms with Crippen molar-refractivity contribution in [3.63, 3.8) is 0 Å². The van der Waals surface area contributed by atoms with Gasteiger partial charge in [-0.25, -0.2) is 4.98 Å². The summed E-state index contributed by atoms with van der Waals surface area (Å²) in [6.45, 7) is 0. The summed E-state index contributed by atoms with van der Waals surface area (Å²) in [6.07, 6.45) is 12.0. The second kappa shape index (κ2) is 4.74. The van der Waals surface area contributed by atoms with Crippen molar-refractivity contribution in [2.75, 3.05) is 5.32 Å². The monoisotopic (exact) mass is 236 g/mol. The quantitative estimate of drug-likeness (QED) is 0.842. The maximum absolute atomic E-state index is 4.32. The summed E-state index contributed by atoms with van der Waals surface area (Å²) in [7, 11) is 0.